The Bertz CT molecular complexity index is 672. The zero-order chi connectivity index (χ0) is 12.2. The summed E-state index contributed by atoms with van der Waals surface area (Å²) in [4.78, 5) is 4.62. The Labute approximate surface area is 103 Å². The highest BCUT2D eigenvalue weighted by atomic mass is 32.2. The van der Waals surface area contributed by atoms with Crippen LogP contribution in [0, 0.1) is 5.92 Å². The molecule has 0 bridgehead atoms. The summed E-state index contributed by atoms with van der Waals surface area (Å²) < 4.78 is 28.5. The number of nitrogens with zero attached hydrogens (tertiary/aromatic N) is 2. The maximum absolute atomic E-state index is 12.2. The predicted octanol–water partition coefficient (Wildman–Crippen LogP) is 0.665. The van der Waals surface area contributed by atoms with Gasteiger partial charge in [-0.05, 0) is 12.3 Å². The van der Waals surface area contributed by atoms with Crippen molar-refractivity contribution in [2.24, 2.45) is 5.92 Å². The van der Waals surface area contributed by atoms with Crippen LogP contribution in [0.25, 0.3) is 4.96 Å². The summed E-state index contributed by atoms with van der Waals surface area (Å²) in [6.45, 7) is 2.01. The number of hydrogen-bond acceptors (Lipinski definition) is 5. The van der Waals surface area contributed by atoms with E-state index in [1.165, 1.54) is 15.7 Å². The summed E-state index contributed by atoms with van der Waals surface area (Å²) in [5, 5.41) is 1.83. The van der Waals surface area contributed by atoms with Gasteiger partial charge in [-0.1, -0.05) is 6.92 Å². The third kappa shape index (κ3) is 1.72. The minimum atomic E-state index is -3.58. The number of thiazole rings is 1. The highest BCUT2D eigenvalue weighted by Gasteiger charge is 2.38. The quantitative estimate of drug-likeness (QED) is 0.859. The average molecular weight is 272 g/mol. The summed E-state index contributed by atoms with van der Waals surface area (Å²) in [6.07, 6.45) is 2.54. The molecule has 17 heavy (non-hydrogen) atoms. The molecule has 2 heterocycles. The summed E-state index contributed by atoms with van der Waals surface area (Å²) in [7, 11) is -3.58. The zero-order valence-electron chi connectivity index (χ0n) is 9.12. The number of anilines is 1. The van der Waals surface area contributed by atoms with Gasteiger partial charge in [-0.25, -0.2) is 18.1 Å². The van der Waals surface area contributed by atoms with E-state index in [-0.39, 0.29) is 16.9 Å². The molecule has 6 nitrogen and oxygen atoms in total. The normalized spacial score (nSPS) is 24.3. The largest absolute Gasteiger partial charge is 0.381 e. The fourth-order valence-electron chi connectivity index (χ4n) is 1.79. The fourth-order valence-corrected chi connectivity index (χ4v) is 4.14. The molecule has 1 aliphatic carbocycles. The molecular formula is C9H12N4O2S2. The lowest BCUT2D eigenvalue weighted by Crippen LogP contribution is -2.28. The smallest absolute Gasteiger partial charge is 0.260 e. The SMILES string of the molecule is CC1CC1NS(=O)(=O)c1c(N)nc2sccn12. The Morgan fingerprint density at radius 1 is 1.65 bits per heavy atom. The topological polar surface area (TPSA) is 89.5 Å². The lowest BCUT2D eigenvalue weighted by Gasteiger charge is -2.05. The standard InChI is InChI=1S/C9H12N4O2S2/c1-5-4-6(5)12-17(14,15)8-7(10)11-9-13(8)2-3-16-9/h2-3,5-6,12H,4,10H2,1H3. The van der Waals surface area contributed by atoms with E-state index in [0.29, 0.717) is 10.9 Å². The van der Waals surface area contributed by atoms with Gasteiger partial charge < -0.3 is 5.73 Å². The van der Waals surface area contributed by atoms with Crippen LogP contribution in [0.5, 0.6) is 0 Å². The van der Waals surface area contributed by atoms with E-state index < -0.39 is 10.0 Å². The van der Waals surface area contributed by atoms with E-state index in [1.54, 1.807) is 11.6 Å². The second kappa shape index (κ2) is 3.44. The van der Waals surface area contributed by atoms with Crippen molar-refractivity contribution in [1.82, 2.24) is 14.1 Å². The number of hydrogen-bond donors (Lipinski definition) is 2. The van der Waals surface area contributed by atoms with E-state index in [4.69, 9.17) is 5.73 Å². The van der Waals surface area contributed by atoms with E-state index in [2.05, 4.69) is 9.71 Å². The van der Waals surface area contributed by atoms with Gasteiger partial charge in [-0.3, -0.25) is 4.40 Å². The van der Waals surface area contributed by atoms with Gasteiger partial charge in [0.05, 0.1) is 0 Å². The van der Waals surface area contributed by atoms with Crippen molar-refractivity contribution in [3.63, 3.8) is 0 Å². The van der Waals surface area contributed by atoms with Gasteiger partial charge in [-0.15, -0.1) is 11.3 Å². The number of nitrogens with two attached hydrogens (primary N) is 1. The van der Waals surface area contributed by atoms with E-state index in [1.807, 2.05) is 6.92 Å². The number of fused-ring (bicyclic) bond motifs is 1. The molecule has 1 aliphatic rings. The van der Waals surface area contributed by atoms with Gasteiger partial charge in [0.2, 0.25) is 0 Å². The van der Waals surface area contributed by atoms with Gasteiger partial charge in [0.1, 0.15) is 0 Å². The van der Waals surface area contributed by atoms with E-state index >= 15 is 0 Å². The van der Waals surface area contributed by atoms with Crippen molar-refractivity contribution >= 4 is 32.1 Å². The highest BCUT2D eigenvalue weighted by molar-refractivity contribution is 7.89. The molecule has 8 heteroatoms. The Kier molecular flexibility index (Phi) is 2.22. The monoisotopic (exact) mass is 272 g/mol. The van der Waals surface area contributed by atoms with Crippen LogP contribution in [0.2, 0.25) is 0 Å². The number of nitrogen functional groups attached to an aromatic ring is 1. The van der Waals surface area contributed by atoms with Crippen molar-refractivity contribution in [2.75, 3.05) is 5.73 Å². The molecule has 0 amide bonds. The zero-order valence-corrected chi connectivity index (χ0v) is 10.8. The lowest BCUT2D eigenvalue weighted by atomic mass is 10.5. The molecule has 2 unspecified atom stereocenters. The highest BCUT2D eigenvalue weighted by Crippen LogP contribution is 2.32. The fraction of sp³-hybridized carbons (Fsp3) is 0.444. The summed E-state index contributed by atoms with van der Waals surface area (Å²) >= 11 is 1.35. The van der Waals surface area contributed by atoms with Crippen LogP contribution in [0.1, 0.15) is 13.3 Å². The number of rotatable bonds is 3. The molecule has 0 spiro atoms. The third-order valence-corrected chi connectivity index (χ3v) is 5.20. The minimum absolute atomic E-state index is 0.0311. The molecule has 3 rings (SSSR count). The number of aromatic nitrogens is 2. The minimum Gasteiger partial charge on any atom is -0.381 e. The Morgan fingerprint density at radius 2 is 2.35 bits per heavy atom. The molecule has 0 aliphatic heterocycles. The maximum atomic E-state index is 12.2. The molecule has 0 saturated heterocycles. The van der Waals surface area contributed by atoms with Gasteiger partial charge in [0, 0.05) is 17.6 Å². The molecule has 3 N–H and O–H groups in total. The molecule has 2 aromatic heterocycles. The Balaban J connectivity index is 2.07. The first-order chi connectivity index (χ1) is 7.99. The van der Waals surface area contributed by atoms with Crippen LogP contribution in [-0.2, 0) is 10.0 Å². The Morgan fingerprint density at radius 3 is 3.00 bits per heavy atom. The predicted molar refractivity (Wildman–Crippen MR) is 65.4 cm³/mol. The van der Waals surface area contributed by atoms with Crippen molar-refractivity contribution in [2.45, 2.75) is 24.4 Å². The summed E-state index contributed by atoms with van der Waals surface area (Å²) in [5.41, 5.74) is 5.67. The van der Waals surface area contributed by atoms with E-state index in [0.717, 1.165) is 6.42 Å². The Hall–Kier alpha value is -1.12. The van der Waals surface area contributed by atoms with Crippen LogP contribution in [0.15, 0.2) is 16.6 Å². The van der Waals surface area contributed by atoms with Crippen molar-refractivity contribution < 1.29 is 8.42 Å². The second-order valence-electron chi connectivity index (χ2n) is 4.30. The van der Waals surface area contributed by atoms with Gasteiger partial charge >= 0.3 is 0 Å². The molecule has 1 fully saturated rings. The van der Waals surface area contributed by atoms with Crippen molar-refractivity contribution in [1.29, 1.82) is 0 Å². The number of nitrogens with one attached hydrogen (secondary N) is 1. The first kappa shape index (κ1) is 11.0. The maximum Gasteiger partial charge on any atom is 0.260 e. The molecule has 0 aromatic carbocycles. The van der Waals surface area contributed by atoms with Gasteiger partial charge in [0.25, 0.3) is 10.0 Å². The molecule has 2 aromatic rings. The molecule has 1 saturated carbocycles. The first-order valence-electron chi connectivity index (χ1n) is 5.22. The first-order valence-corrected chi connectivity index (χ1v) is 7.58. The van der Waals surface area contributed by atoms with Crippen LogP contribution in [0.4, 0.5) is 5.82 Å². The summed E-state index contributed by atoms with van der Waals surface area (Å²) in [6, 6.07) is 0.0311. The van der Waals surface area contributed by atoms with E-state index in [9.17, 15) is 8.42 Å². The van der Waals surface area contributed by atoms with Crippen molar-refractivity contribution in [3.8, 4) is 0 Å². The van der Waals surface area contributed by atoms with Crippen LogP contribution < -0.4 is 10.5 Å². The van der Waals surface area contributed by atoms with Gasteiger partial charge in [-0.2, -0.15) is 0 Å². The molecule has 0 radical (unpaired) electrons. The van der Waals surface area contributed by atoms with Gasteiger partial charge in [0.15, 0.2) is 15.8 Å². The van der Waals surface area contributed by atoms with Crippen LogP contribution >= 0.6 is 11.3 Å². The average Bonchev–Trinajstić information content (AvgIpc) is 2.60. The second-order valence-corrected chi connectivity index (χ2v) is 6.80. The third-order valence-electron chi connectivity index (χ3n) is 2.91. The van der Waals surface area contributed by atoms with Crippen molar-refractivity contribution in [3.05, 3.63) is 11.6 Å². The lowest BCUT2D eigenvalue weighted by molar-refractivity contribution is 0.574. The van der Waals surface area contributed by atoms with Crippen LogP contribution in [0.3, 0.4) is 0 Å². The van der Waals surface area contributed by atoms with Crippen LogP contribution in [-0.4, -0.2) is 23.8 Å². The number of sulfonamides is 1. The molecular weight excluding hydrogens is 260 g/mol. The molecule has 2 atom stereocenters. The summed E-state index contributed by atoms with van der Waals surface area (Å²) in [5.74, 6) is 0.453. The molecule has 92 valence electrons. The number of imidazole rings is 1.